The molecule has 2 N–H and O–H groups in total. The molecule has 0 aliphatic heterocycles. The van der Waals surface area contributed by atoms with E-state index < -0.39 is 12.5 Å². The largest absolute Gasteiger partial charge is 0.489 e. The molecule has 30 heavy (non-hydrogen) atoms. The van der Waals surface area contributed by atoms with Crippen LogP contribution in [0.5, 0.6) is 11.5 Å². The predicted octanol–water partition coefficient (Wildman–Crippen LogP) is 4.99. The smallest absolute Gasteiger partial charge is 0.387 e. The highest BCUT2D eigenvalue weighted by atomic mass is 32.1. The average molecular weight is 428 g/mol. The summed E-state index contributed by atoms with van der Waals surface area (Å²) in [6, 6.07) is 22.3. The van der Waals surface area contributed by atoms with Gasteiger partial charge in [-0.1, -0.05) is 42.5 Å². The van der Waals surface area contributed by atoms with Gasteiger partial charge in [0.1, 0.15) is 18.1 Å². The minimum absolute atomic E-state index is 0.0466. The fraction of sp³-hybridized carbons (Fsp3) is 0.0909. The van der Waals surface area contributed by atoms with E-state index in [0.29, 0.717) is 17.9 Å². The summed E-state index contributed by atoms with van der Waals surface area (Å²) in [7, 11) is 0. The lowest BCUT2D eigenvalue weighted by atomic mass is 10.2. The van der Waals surface area contributed by atoms with Crippen molar-refractivity contribution in [1.29, 1.82) is 0 Å². The topological polar surface area (TPSA) is 59.6 Å². The van der Waals surface area contributed by atoms with Gasteiger partial charge >= 0.3 is 6.61 Å². The Kier molecular flexibility index (Phi) is 7.29. The molecule has 5 nitrogen and oxygen atoms in total. The first-order chi connectivity index (χ1) is 14.5. The molecule has 0 aliphatic carbocycles. The third-order valence-electron chi connectivity index (χ3n) is 3.94. The van der Waals surface area contributed by atoms with Crippen LogP contribution in [0.4, 0.5) is 14.5 Å². The molecule has 8 heteroatoms. The van der Waals surface area contributed by atoms with E-state index in [0.717, 1.165) is 5.56 Å². The minimum atomic E-state index is -2.97. The van der Waals surface area contributed by atoms with Gasteiger partial charge in [-0.25, -0.2) is 0 Å². The number of halogens is 2. The van der Waals surface area contributed by atoms with Gasteiger partial charge in [-0.05, 0) is 54.2 Å². The van der Waals surface area contributed by atoms with Crippen molar-refractivity contribution in [2.75, 3.05) is 5.32 Å². The van der Waals surface area contributed by atoms with Crippen LogP contribution in [0, 0.1) is 0 Å². The van der Waals surface area contributed by atoms with Gasteiger partial charge in [0.2, 0.25) is 0 Å². The summed E-state index contributed by atoms with van der Waals surface area (Å²) in [5.41, 5.74) is 1.61. The van der Waals surface area contributed by atoms with Gasteiger partial charge in [-0.3, -0.25) is 10.1 Å². The Labute approximate surface area is 177 Å². The Balaban J connectivity index is 1.55. The zero-order valence-electron chi connectivity index (χ0n) is 15.7. The number of carbonyl (C=O) groups excluding carboxylic acids is 1. The van der Waals surface area contributed by atoms with E-state index in [2.05, 4.69) is 15.4 Å². The molecule has 0 radical (unpaired) electrons. The summed E-state index contributed by atoms with van der Waals surface area (Å²) in [6.07, 6.45) is 0. The number of nitrogens with one attached hydrogen (secondary N) is 2. The molecule has 0 unspecified atom stereocenters. The Hall–Kier alpha value is -3.52. The number of amides is 1. The lowest BCUT2D eigenvalue weighted by Crippen LogP contribution is -2.34. The van der Waals surface area contributed by atoms with Crippen LogP contribution in [0.25, 0.3) is 0 Å². The lowest BCUT2D eigenvalue weighted by molar-refractivity contribution is -0.0493. The van der Waals surface area contributed by atoms with Gasteiger partial charge in [0, 0.05) is 5.56 Å². The molecule has 0 saturated carbocycles. The fourth-order valence-electron chi connectivity index (χ4n) is 2.54. The summed E-state index contributed by atoms with van der Waals surface area (Å²) >= 11 is 5.10. The third-order valence-corrected chi connectivity index (χ3v) is 4.15. The summed E-state index contributed by atoms with van der Waals surface area (Å²) in [5.74, 6) is 0.0903. The van der Waals surface area contributed by atoms with E-state index in [1.54, 1.807) is 36.4 Å². The number of hydrogen-bond donors (Lipinski definition) is 2. The molecule has 1 amide bonds. The van der Waals surface area contributed by atoms with E-state index in [1.165, 1.54) is 12.1 Å². The van der Waals surface area contributed by atoms with E-state index in [9.17, 15) is 13.6 Å². The second-order valence-corrected chi connectivity index (χ2v) is 6.49. The van der Waals surface area contributed by atoms with Crippen molar-refractivity contribution in [3.8, 4) is 11.5 Å². The molecule has 0 aromatic heterocycles. The van der Waals surface area contributed by atoms with E-state index >= 15 is 0 Å². The van der Waals surface area contributed by atoms with Gasteiger partial charge in [0.25, 0.3) is 5.91 Å². The highest BCUT2D eigenvalue weighted by molar-refractivity contribution is 7.80. The van der Waals surface area contributed by atoms with Gasteiger partial charge in [0.15, 0.2) is 5.11 Å². The summed E-state index contributed by atoms with van der Waals surface area (Å²) in [6.45, 7) is -2.56. The second-order valence-electron chi connectivity index (χ2n) is 6.08. The molecule has 0 atom stereocenters. The Morgan fingerprint density at radius 2 is 1.60 bits per heavy atom. The number of alkyl halides is 2. The third kappa shape index (κ3) is 6.25. The predicted molar refractivity (Wildman–Crippen MR) is 114 cm³/mol. The van der Waals surface area contributed by atoms with E-state index in [1.807, 2.05) is 30.3 Å². The number of benzene rings is 3. The summed E-state index contributed by atoms with van der Waals surface area (Å²) in [5, 5.41) is 5.14. The van der Waals surface area contributed by atoms with Crippen molar-refractivity contribution in [3.05, 3.63) is 90.0 Å². The van der Waals surface area contributed by atoms with Crippen LogP contribution < -0.4 is 20.1 Å². The number of thiocarbonyl (C=S) groups is 1. The number of anilines is 1. The highest BCUT2D eigenvalue weighted by Gasteiger charge is 2.12. The number of para-hydroxylation sites is 2. The monoisotopic (exact) mass is 428 g/mol. The van der Waals surface area contributed by atoms with Crippen LogP contribution in [-0.2, 0) is 6.61 Å². The van der Waals surface area contributed by atoms with Crippen molar-refractivity contribution in [2.45, 2.75) is 13.2 Å². The quantitative estimate of drug-likeness (QED) is 0.519. The maximum absolute atomic E-state index is 12.5. The fourth-order valence-corrected chi connectivity index (χ4v) is 2.74. The van der Waals surface area contributed by atoms with Gasteiger partial charge in [0.05, 0.1) is 5.69 Å². The molecule has 0 heterocycles. The molecule has 154 valence electrons. The standard InChI is InChI=1S/C22H18F2N2O3S/c23-21(24)29-19-9-5-4-8-18(19)25-22(30)26-20(27)16-10-12-17(13-11-16)28-14-15-6-2-1-3-7-15/h1-13,21H,14H2,(H2,25,26,27,30). The van der Waals surface area contributed by atoms with Crippen LogP contribution in [0.15, 0.2) is 78.9 Å². The summed E-state index contributed by atoms with van der Waals surface area (Å²) in [4.78, 5) is 12.4. The first-order valence-corrected chi connectivity index (χ1v) is 9.35. The van der Waals surface area contributed by atoms with Crippen molar-refractivity contribution < 1.29 is 23.0 Å². The average Bonchev–Trinajstić information content (AvgIpc) is 2.74. The molecule has 0 aliphatic rings. The molecule has 3 aromatic carbocycles. The van der Waals surface area contributed by atoms with Crippen molar-refractivity contribution in [3.63, 3.8) is 0 Å². The minimum Gasteiger partial charge on any atom is -0.489 e. The zero-order valence-corrected chi connectivity index (χ0v) is 16.5. The van der Waals surface area contributed by atoms with E-state index in [4.69, 9.17) is 17.0 Å². The normalized spacial score (nSPS) is 10.4. The maximum Gasteiger partial charge on any atom is 0.387 e. The molecule has 3 rings (SSSR count). The number of carbonyl (C=O) groups is 1. The lowest BCUT2D eigenvalue weighted by Gasteiger charge is -2.14. The van der Waals surface area contributed by atoms with Crippen molar-refractivity contribution >= 4 is 28.9 Å². The number of ether oxygens (including phenoxy) is 2. The highest BCUT2D eigenvalue weighted by Crippen LogP contribution is 2.25. The Bertz CT molecular complexity index is 999. The molecular formula is C22H18F2N2O3S. The molecule has 0 saturated heterocycles. The number of rotatable bonds is 7. The van der Waals surface area contributed by atoms with Crippen LogP contribution in [0.2, 0.25) is 0 Å². The maximum atomic E-state index is 12.5. The molecule has 0 spiro atoms. The zero-order chi connectivity index (χ0) is 21.3. The van der Waals surface area contributed by atoms with Gasteiger partial charge in [-0.2, -0.15) is 8.78 Å². The number of hydrogen-bond acceptors (Lipinski definition) is 4. The van der Waals surface area contributed by atoms with Crippen LogP contribution in [-0.4, -0.2) is 17.6 Å². The first-order valence-electron chi connectivity index (χ1n) is 8.94. The molecule has 0 bridgehead atoms. The summed E-state index contributed by atoms with van der Waals surface area (Å²) < 4.78 is 35.1. The van der Waals surface area contributed by atoms with Crippen molar-refractivity contribution in [2.24, 2.45) is 0 Å². The SMILES string of the molecule is O=C(NC(=S)Nc1ccccc1OC(F)F)c1ccc(OCc2ccccc2)cc1. The first kappa shape index (κ1) is 21.2. The van der Waals surface area contributed by atoms with Gasteiger partial charge < -0.3 is 14.8 Å². The van der Waals surface area contributed by atoms with Crippen LogP contribution in [0.1, 0.15) is 15.9 Å². The Morgan fingerprint density at radius 1 is 0.933 bits per heavy atom. The van der Waals surface area contributed by atoms with Crippen molar-refractivity contribution in [1.82, 2.24) is 5.32 Å². The molecule has 3 aromatic rings. The Morgan fingerprint density at radius 3 is 2.30 bits per heavy atom. The second kappa shape index (κ2) is 10.3. The molecular weight excluding hydrogens is 410 g/mol. The van der Waals surface area contributed by atoms with E-state index in [-0.39, 0.29) is 16.5 Å². The van der Waals surface area contributed by atoms with Crippen LogP contribution in [0.3, 0.4) is 0 Å². The molecule has 0 fully saturated rings. The van der Waals surface area contributed by atoms with Crippen LogP contribution >= 0.6 is 12.2 Å². The van der Waals surface area contributed by atoms with Gasteiger partial charge in [-0.15, -0.1) is 0 Å².